The molecule has 0 aliphatic rings. The van der Waals surface area contributed by atoms with Crippen LogP contribution in [0.1, 0.15) is 21.1 Å². The second-order valence-corrected chi connectivity index (χ2v) is 8.86. The standard InChI is InChI=1S/C23H18Cl2N2OS/c1-14-21(13-22(28)27-19-11-17(24)10-18(25)12-19)29-23(26-14)9-16-7-4-6-15-5-2-3-8-20(15)16/h2-8,10-12H,9,13H2,1H3,(H,27,28). The summed E-state index contributed by atoms with van der Waals surface area (Å²) in [5.41, 5.74) is 2.72. The van der Waals surface area contributed by atoms with Crippen LogP contribution in [0, 0.1) is 6.92 Å². The molecule has 0 radical (unpaired) electrons. The summed E-state index contributed by atoms with van der Waals surface area (Å²) >= 11 is 13.6. The third-order valence-electron chi connectivity index (χ3n) is 4.63. The van der Waals surface area contributed by atoms with Gasteiger partial charge < -0.3 is 5.32 Å². The van der Waals surface area contributed by atoms with Gasteiger partial charge in [0.2, 0.25) is 5.91 Å². The number of aryl methyl sites for hydroxylation is 1. The summed E-state index contributed by atoms with van der Waals surface area (Å²) in [7, 11) is 0. The van der Waals surface area contributed by atoms with E-state index in [-0.39, 0.29) is 12.3 Å². The Morgan fingerprint density at radius 1 is 1.03 bits per heavy atom. The first kappa shape index (κ1) is 19.9. The molecule has 1 N–H and O–H groups in total. The molecule has 146 valence electrons. The summed E-state index contributed by atoms with van der Waals surface area (Å²) < 4.78 is 0. The molecule has 1 aromatic heterocycles. The third kappa shape index (κ3) is 4.78. The Morgan fingerprint density at radius 3 is 2.55 bits per heavy atom. The molecule has 0 aliphatic heterocycles. The highest BCUT2D eigenvalue weighted by Gasteiger charge is 2.14. The monoisotopic (exact) mass is 440 g/mol. The molecule has 1 heterocycles. The molecule has 0 unspecified atom stereocenters. The normalized spacial score (nSPS) is 11.0. The number of hydrogen-bond acceptors (Lipinski definition) is 3. The van der Waals surface area contributed by atoms with Gasteiger partial charge in [-0.2, -0.15) is 0 Å². The van der Waals surface area contributed by atoms with E-state index in [2.05, 4.69) is 41.7 Å². The van der Waals surface area contributed by atoms with Gasteiger partial charge in [-0.3, -0.25) is 4.79 Å². The van der Waals surface area contributed by atoms with E-state index in [9.17, 15) is 4.79 Å². The minimum absolute atomic E-state index is 0.119. The SMILES string of the molecule is Cc1nc(Cc2cccc3ccccc23)sc1CC(=O)Nc1cc(Cl)cc(Cl)c1. The molecule has 0 saturated heterocycles. The highest BCUT2D eigenvalue weighted by Crippen LogP contribution is 2.26. The molecule has 6 heteroatoms. The zero-order chi connectivity index (χ0) is 20.4. The lowest BCUT2D eigenvalue weighted by Gasteiger charge is -2.06. The van der Waals surface area contributed by atoms with Crippen LogP contribution in [0.4, 0.5) is 5.69 Å². The van der Waals surface area contributed by atoms with Crippen LogP contribution in [0.25, 0.3) is 10.8 Å². The molecule has 0 bridgehead atoms. The summed E-state index contributed by atoms with van der Waals surface area (Å²) in [4.78, 5) is 18.1. The van der Waals surface area contributed by atoms with Gasteiger partial charge in [-0.25, -0.2) is 4.98 Å². The number of anilines is 1. The molecule has 0 fully saturated rings. The maximum atomic E-state index is 12.5. The number of aromatic nitrogens is 1. The smallest absolute Gasteiger partial charge is 0.229 e. The van der Waals surface area contributed by atoms with Crippen molar-refractivity contribution < 1.29 is 4.79 Å². The number of halogens is 2. The topological polar surface area (TPSA) is 42.0 Å². The average molecular weight is 441 g/mol. The van der Waals surface area contributed by atoms with Crippen LogP contribution in [0.5, 0.6) is 0 Å². The zero-order valence-electron chi connectivity index (χ0n) is 15.7. The van der Waals surface area contributed by atoms with E-state index < -0.39 is 0 Å². The lowest BCUT2D eigenvalue weighted by Crippen LogP contribution is -2.14. The number of amides is 1. The van der Waals surface area contributed by atoms with Crippen molar-refractivity contribution in [1.82, 2.24) is 4.98 Å². The molecule has 3 aromatic carbocycles. The summed E-state index contributed by atoms with van der Waals surface area (Å²) in [5.74, 6) is -0.119. The lowest BCUT2D eigenvalue weighted by molar-refractivity contribution is -0.115. The van der Waals surface area contributed by atoms with E-state index in [1.165, 1.54) is 16.3 Å². The molecular formula is C23H18Cl2N2OS. The number of nitrogens with one attached hydrogen (secondary N) is 1. The molecule has 4 aromatic rings. The van der Waals surface area contributed by atoms with Crippen LogP contribution in [-0.4, -0.2) is 10.9 Å². The minimum Gasteiger partial charge on any atom is -0.326 e. The number of hydrogen-bond donors (Lipinski definition) is 1. The summed E-state index contributed by atoms with van der Waals surface area (Å²) in [6.45, 7) is 1.95. The van der Waals surface area contributed by atoms with Crippen molar-refractivity contribution in [1.29, 1.82) is 0 Å². The maximum absolute atomic E-state index is 12.5. The second-order valence-electron chi connectivity index (χ2n) is 6.81. The Bertz CT molecular complexity index is 1180. The van der Waals surface area contributed by atoms with E-state index >= 15 is 0 Å². The van der Waals surface area contributed by atoms with Crippen molar-refractivity contribution in [2.24, 2.45) is 0 Å². The number of thiazole rings is 1. The number of carbonyl (C=O) groups excluding carboxylic acids is 1. The highest BCUT2D eigenvalue weighted by atomic mass is 35.5. The molecule has 29 heavy (non-hydrogen) atoms. The van der Waals surface area contributed by atoms with Gasteiger partial charge in [0.25, 0.3) is 0 Å². The summed E-state index contributed by atoms with van der Waals surface area (Å²) in [5, 5.41) is 7.29. The van der Waals surface area contributed by atoms with Gasteiger partial charge in [0.15, 0.2) is 0 Å². The van der Waals surface area contributed by atoms with Crippen molar-refractivity contribution in [2.45, 2.75) is 19.8 Å². The van der Waals surface area contributed by atoms with Crippen LogP contribution in [-0.2, 0) is 17.6 Å². The average Bonchev–Trinajstić information content (AvgIpc) is 3.00. The van der Waals surface area contributed by atoms with E-state index in [1.54, 1.807) is 29.5 Å². The Kier molecular flexibility index (Phi) is 5.86. The Labute approximate surface area is 183 Å². The summed E-state index contributed by atoms with van der Waals surface area (Å²) in [6.07, 6.45) is 1.02. The molecule has 3 nitrogen and oxygen atoms in total. The minimum atomic E-state index is -0.119. The number of carbonyl (C=O) groups is 1. The molecule has 0 spiro atoms. The van der Waals surface area contributed by atoms with E-state index in [0.29, 0.717) is 15.7 Å². The van der Waals surface area contributed by atoms with Crippen molar-refractivity contribution >= 4 is 56.9 Å². The molecular weight excluding hydrogens is 423 g/mol. The van der Waals surface area contributed by atoms with Gasteiger partial charge >= 0.3 is 0 Å². The largest absolute Gasteiger partial charge is 0.326 e. The van der Waals surface area contributed by atoms with Gasteiger partial charge in [0.05, 0.1) is 17.1 Å². The van der Waals surface area contributed by atoms with Gasteiger partial charge in [0.1, 0.15) is 0 Å². The first-order valence-corrected chi connectivity index (χ1v) is 10.7. The predicted octanol–water partition coefficient (Wildman–Crippen LogP) is 6.68. The van der Waals surface area contributed by atoms with E-state index in [4.69, 9.17) is 28.2 Å². The van der Waals surface area contributed by atoms with Crippen molar-refractivity contribution in [3.63, 3.8) is 0 Å². The lowest BCUT2D eigenvalue weighted by atomic mass is 10.0. The second kappa shape index (κ2) is 8.54. The van der Waals surface area contributed by atoms with Crippen LogP contribution < -0.4 is 5.32 Å². The fourth-order valence-corrected chi connectivity index (χ4v) is 4.93. The van der Waals surface area contributed by atoms with Gasteiger partial charge in [-0.15, -0.1) is 11.3 Å². The zero-order valence-corrected chi connectivity index (χ0v) is 18.0. The van der Waals surface area contributed by atoms with Crippen molar-refractivity contribution in [3.8, 4) is 0 Å². The molecule has 1 amide bonds. The van der Waals surface area contributed by atoms with E-state index in [0.717, 1.165) is 22.0 Å². The van der Waals surface area contributed by atoms with Gasteiger partial charge in [0, 0.05) is 27.0 Å². The Hall–Kier alpha value is -2.40. The summed E-state index contributed by atoms with van der Waals surface area (Å²) in [6, 6.07) is 19.7. The highest BCUT2D eigenvalue weighted by molar-refractivity contribution is 7.11. The predicted molar refractivity (Wildman–Crippen MR) is 122 cm³/mol. The van der Waals surface area contributed by atoms with Crippen LogP contribution in [0.15, 0.2) is 60.7 Å². The maximum Gasteiger partial charge on any atom is 0.229 e. The molecule has 0 saturated carbocycles. The van der Waals surface area contributed by atoms with Crippen molar-refractivity contribution in [2.75, 3.05) is 5.32 Å². The molecule has 4 rings (SSSR count). The van der Waals surface area contributed by atoms with Crippen LogP contribution in [0.2, 0.25) is 10.0 Å². The number of benzene rings is 3. The quantitative estimate of drug-likeness (QED) is 0.375. The van der Waals surface area contributed by atoms with Crippen molar-refractivity contribution in [3.05, 3.63) is 91.9 Å². The number of rotatable bonds is 5. The third-order valence-corrected chi connectivity index (χ3v) is 6.22. The Balaban J connectivity index is 1.49. The van der Waals surface area contributed by atoms with Gasteiger partial charge in [-0.1, -0.05) is 65.7 Å². The molecule has 0 atom stereocenters. The fourth-order valence-electron chi connectivity index (χ4n) is 3.31. The van der Waals surface area contributed by atoms with Crippen LogP contribution >= 0.6 is 34.5 Å². The van der Waals surface area contributed by atoms with E-state index in [1.807, 2.05) is 13.0 Å². The van der Waals surface area contributed by atoms with Gasteiger partial charge in [-0.05, 0) is 41.5 Å². The van der Waals surface area contributed by atoms with Crippen LogP contribution in [0.3, 0.4) is 0 Å². The molecule has 0 aliphatic carbocycles. The Morgan fingerprint density at radius 2 is 1.76 bits per heavy atom. The fraction of sp³-hybridized carbons (Fsp3) is 0.130. The number of nitrogens with zero attached hydrogens (tertiary/aromatic N) is 1. The first-order valence-electron chi connectivity index (χ1n) is 9.16. The number of fused-ring (bicyclic) bond motifs is 1. The first-order chi connectivity index (χ1) is 14.0.